The van der Waals surface area contributed by atoms with Crippen molar-refractivity contribution in [3.8, 4) is 0 Å². The molecule has 0 aromatic rings. The number of amides is 1. The maximum atomic E-state index is 11.8. The van der Waals surface area contributed by atoms with Crippen LogP contribution in [0.15, 0.2) is 0 Å². The molecule has 18 heavy (non-hydrogen) atoms. The summed E-state index contributed by atoms with van der Waals surface area (Å²) in [6.45, 7) is 3.99. The Bertz CT molecular complexity index is 283. The van der Waals surface area contributed by atoms with Gasteiger partial charge in [-0.15, -0.1) is 0 Å². The van der Waals surface area contributed by atoms with Crippen molar-refractivity contribution in [3.63, 3.8) is 0 Å². The molecule has 1 fully saturated rings. The molecule has 104 valence electrons. The maximum absolute atomic E-state index is 11.8. The lowest BCUT2D eigenvalue weighted by atomic mass is 9.83. The molecule has 4 heteroatoms. The average molecular weight is 255 g/mol. The number of nitrogens with one attached hydrogen (secondary N) is 1. The van der Waals surface area contributed by atoms with E-state index in [2.05, 4.69) is 5.32 Å². The lowest BCUT2D eigenvalue weighted by Crippen LogP contribution is -2.47. The van der Waals surface area contributed by atoms with Gasteiger partial charge >= 0.3 is 5.97 Å². The Kier molecular flexibility index (Phi) is 6.16. The highest BCUT2D eigenvalue weighted by Crippen LogP contribution is 2.27. The molecule has 0 saturated heterocycles. The third-order valence-electron chi connectivity index (χ3n) is 3.49. The summed E-state index contributed by atoms with van der Waals surface area (Å²) in [7, 11) is 1.38. The Balaban J connectivity index is 2.60. The Morgan fingerprint density at radius 3 is 2.33 bits per heavy atom. The van der Waals surface area contributed by atoms with Gasteiger partial charge in [-0.2, -0.15) is 0 Å². The summed E-state index contributed by atoms with van der Waals surface area (Å²) in [6.07, 6.45) is 5.96. The lowest BCUT2D eigenvalue weighted by molar-refractivity contribution is -0.147. The molecule has 1 rings (SSSR count). The first-order valence-electron chi connectivity index (χ1n) is 6.91. The van der Waals surface area contributed by atoms with Crippen molar-refractivity contribution in [1.29, 1.82) is 0 Å². The maximum Gasteiger partial charge on any atom is 0.328 e. The average Bonchev–Trinajstić information content (AvgIpc) is 2.35. The summed E-state index contributed by atoms with van der Waals surface area (Å²) < 4.78 is 4.82. The summed E-state index contributed by atoms with van der Waals surface area (Å²) >= 11 is 0. The second-order valence-electron chi connectivity index (χ2n) is 5.56. The summed E-state index contributed by atoms with van der Waals surface area (Å²) in [5.74, 6) is 0.182. The van der Waals surface area contributed by atoms with Crippen LogP contribution >= 0.6 is 0 Å². The molecule has 1 aliphatic carbocycles. The zero-order valence-electron chi connectivity index (χ0n) is 11.7. The van der Waals surface area contributed by atoms with Crippen molar-refractivity contribution in [3.05, 3.63) is 0 Å². The smallest absolute Gasteiger partial charge is 0.328 e. The third kappa shape index (κ3) is 4.67. The van der Waals surface area contributed by atoms with Crippen LogP contribution in [-0.4, -0.2) is 25.0 Å². The van der Waals surface area contributed by atoms with Gasteiger partial charge in [-0.05, 0) is 24.7 Å². The first-order valence-corrected chi connectivity index (χ1v) is 6.91. The van der Waals surface area contributed by atoms with Crippen molar-refractivity contribution in [2.45, 2.75) is 58.4 Å². The monoisotopic (exact) mass is 255 g/mol. The molecule has 1 aliphatic rings. The van der Waals surface area contributed by atoms with Crippen molar-refractivity contribution >= 4 is 11.9 Å². The van der Waals surface area contributed by atoms with Crippen LogP contribution in [-0.2, 0) is 14.3 Å². The van der Waals surface area contributed by atoms with Crippen molar-refractivity contribution in [2.24, 2.45) is 11.8 Å². The Morgan fingerprint density at radius 2 is 1.83 bits per heavy atom. The minimum Gasteiger partial charge on any atom is -0.467 e. The molecule has 0 aliphatic heterocycles. The highest BCUT2D eigenvalue weighted by molar-refractivity contribution is 5.84. The standard InChI is InChI=1S/C14H25NO3/c1-10(2)9-12(16)15-13(14(17)18-3)11-7-5-4-6-8-11/h10-11,13H,4-9H2,1-3H3,(H,15,16)/t13-/m0/s1. The van der Waals surface area contributed by atoms with E-state index in [9.17, 15) is 9.59 Å². The molecule has 1 saturated carbocycles. The summed E-state index contributed by atoms with van der Waals surface area (Å²) in [6, 6.07) is -0.457. The van der Waals surface area contributed by atoms with Crippen molar-refractivity contribution < 1.29 is 14.3 Å². The van der Waals surface area contributed by atoms with Gasteiger partial charge in [0.15, 0.2) is 0 Å². The van der Waals surface area contributed by atoms with E-state index >= 15 is 0 Å². The van der Waals surface area contributed by atoms with E-state index in [-0.39, 0.29) is 17.8 Å². The van der Waals surface area contributed by atoms with Crippen LogP contribution in [0.1, 0.15) is 52.4 Å². The zero-order chi connectivity index (χ0) is 13.5. The van der Waals surface area contributed by atoms with E-state index in [1.807, 2.05) is 13.8 Å². The van der Waals surface area contributed by atoms with E-state index < -0.39 is 6.04 Å². The highest BCUT2D eigenvalue weighted by Gasteiger charge is 2.31. The van der Waals surface area contributed by atoms with Gasteiger partial charge in [0.1, 0.15) is 6.04 Å². The van der Waals surface area contributed by atoms with E-state index in [0.29, 0.717) is 12.3 Å². The molecule has 1 N–H and O–H groups in total. The van der Waals surface area contributed by atoms with Gasteiger partial charge in [-0.25, -0.2) is 4.79 Å². The third-order valence-corrected chi connectivity index (χ3v) is 3.49. The molecule has 1 atom stereocenters. The van der Waals surface area contributed by atoms with Gasteiger partial charge in [0.25, 0.3) is 0 Å². The normalized spacial score (nSPS) is 18.4. The number of ether oxygens (including phenoxy) is 1. The number of carbonyl (C=O) groups is 2. The van der Waals surface area contributed by atoms with Gasteiger partial charge < -0.3 is 10.1 Å². The van der Waals surface area contributed by atoms with E-state index in [1.165, 1.54) is 13.5 Å². The zero-order valence-corrected chi connectivity index (χ0v) is 11.7. The summed E-state index contributed by atoms with van der Waals surface area (Å²) in [5.41, 5.74) is 0. The van der Waals surface area contributed by atoms with Gasteiger partial charge in [-0.3, -0.25) is 4.79 Å². The molecule has 0 bridgehead atoms. The van der Waals surface area contributed by atoms with E-state index in [4.69, 9.17) is 4.74 Å². The SMILES string of the molecule is COC(=O)[C@@H](NC(=O)CC(C)C)C1CCCCC1. The van der Waals surface area contributed by atoms with Crippen LogP contribution in [0.5, 0.6) is 0 Å². The van der Waals surface area contributed by atoms with Crippen LogP contribution in [0.4, 0.5) is 0 Å². The number of methoxy groups -OCH3 is 1. The van der Waals surface area contributed by atoms with Crippen LogP contribution in [0, 0.1) is 11.8 Å². The quantitative estimate of drug-likeness (QED) is 0.767. The minimum absolute atomic E-state index is 0.0500. The fourth-order valence-electron chi connectivity index (χ4n) is 2.57. The topological polar surface area (TPSA) is 55.4 Å². The summed E-state index contributed by atoms with van der Waals surface area (Å²) in [5, 5.41) is 2.86. The number of esters is 1. The molecule has 0 radical (unpaired) electrons. The molecule has 0 unspecified atom stereocenters. The van der Waals surface area contributed by atoms with Crippen LogP contribution in [0.3, 0.4) is 0 Å². The molecule has 0 heterocycles. The van der Waals surface area contributed by atoms with E-state index in [0.717, 1.165) is 25.7 Å². The Labute approximate surface area is 109 Å². The Hall–Kier alpha value is -1.06. The minimum atomic E-state index is -0.457. The molecule has 1 amide bonds. The summed E-state index contributed by atoms with van der Waals surface area (Å²) in [4.78, 5) is 23.6. The second kappa shape index (κ2) is 7.39. The predicted molar refractivity (Wildman–Crippen MR) is 70.0 cm³/mol. The van der Waals surface area contributed by atoms with Gasteiger partial charge in [0, 0.05) is 6.42 Å². The van der Waals surface area contributed by atoms with Crippen LogP contribution < -0.4 is 5.32 Å². The fraction of sp³-hybridized carbons (Fsp3) is 0.857. The molecule has 0 spiro atoms. The second-order valence-corrected chi connectivity index (χ2v) is 5.56. The van der Waals surface area contributed by atoms with Gasteiger partial charge in [0.2, 0.25) is 5.91 Å². The Morgan fingerprint density at radius 1 is 1.22 bits per heavy atom. The molecular formula is C14H25NO3. The van der Waals surface area contributed by atoms with Gasteiger partial charge in [-0.1, -0.05) is 33.1 Å². The largest absolute Gasteiger partial charge is 0.467 e. The number of carbonyl (C=O) groups excluding carboxylic acids is 2. The molecule has 0 aromatic heterocycles. The fourth-order valence-corrected chi connectivity index (χ4v) is 2.57. The lowest BCUT2D eigenvalue weighted by Gasteiger charge is -2.29. The van der Waals surface area contributed by atoms with E-state index in [1.54, 1.807) is 0 Å². The predicted octanol–water partition coefficient (Wildman–Crippen LogP) is 2.27. The van der Waals surface area contributed by atoms with Crippen LogP contribution in [0.25, 0.3) is 0 Å². The molecular weight excluding hydrogens is 230 g/mol. The molecule has 4 nitrogen and oxygen atoms in total. The number of hydrogen-bond donors (Lipinski definition) is 1. The number of rotatable bonds is 5. The first-order chi connectivity index (χ1) is 8.54. The molecule has 0 aromatic carbocycles. The van der Waals surface area contributed by atoms with Crippen molar-refractivity contribution in [1.82, 2.24) is 5.32 Å². The highest BCUT2D eigenvalue weighted by atomic mass is 16.5. The van der Waals surface area contributed by atoms with Gasteiger partial charge in [0.05, 0.1) is 7.11 Å². The van der Waals surface area contributed by atoms with Crippen LogP contribution in [0.2, 0.25) is 0 Å². The first kappa shape index (κ1) is 15.0. The number of hydrogen-bond acceptors (Lipinski definition) is 3. The van der Waals surface area contributed by atoms with Crippen molar-refractivity contribution in [2.75, 3.05) is 7.11 Å².